The molecule has 8 heteroatoms. The molecular formula is C15H17N5O2S. The fourth-order valence-corrected chi connectivity index (χ4v) is 3.22. The number of pyridine rings is 1. The third-order valence-corrected chi connectivity index (χ3v) is 4.42. The Hall–Kier alpha value is -2.35. The van der Waals surface area contributed by atoms with Gasteiger partial charge in [0.1, 0.15) is 5.51 Å². The molecule has 0 aliphatic carbocycles. The third kappa shape index (κ3) is 3.89. The van der Waals surface area contributed by atoms with E-state index in [0.29, 0.717) is 5.13 Å². The van der Waals surface area contributed by atoms with Gasteiger partial charge in [0.05, 0.1) is 6.04 Å². The van der Waals surface area contributed by atoms with Crippen molar-refractivity contribution in [2.45, 2.75) is 31.7 Å². The summed E-state index contributed by atoms with van der Waals surface area (Å²) in [6.45, 7) is 0.733. The predicted octanol–water partition coefficient (Wildman–Crippen LogP) is 2.02. The largest absolute Gasteiger partial charge is 0.336 e. The van der Waals surface area contributed by atoms with Crippen molar-refractivity contribution in [3.63, 3.8) is 0 Å². The van der Waals surface area contributed by atoms with Crippen LogP contribution in [0.25, 0.3) is 0 Å². The Morgan fingerprint density at radius 2 is 2.30 bits per heavy atom. The van der Waals surface area contributed by atoms with Crippen LogP contribution in [0.2, 0.25) is 0 Å². The summed E-state index contributed by atoms with van der Waals surface area (Å²) in [5, 5.41) is 10.5. The van der Waals surface area contributed by atoms with E-state index in [9.17, 15) is 9.59 Å². The zero-order valence-corrected chi connectivity index (χ0v) is 13.3. The zero-order valence-electron chi connectivity index (χ0n) is 12.5. The maximum Gasteiger partial charge on any atom is 0.226 e. The second-order valence-electron chi connectivity index (χ2n) is 5.32. The number of hydrogen-bond acceptors (Lipinski definition) is 6. The Labute approximate surface area is 137 Å². The monoisotopic (exact) mass is 331 g/mol. The number of amides is 2. The molecule has 0 aromatic carbocycles. The standard InChI is InChI=1S/C15H17N5O2S/c21-13(18-15-19-17-10-23-15)5-6-14(22)20-8-2-4-12(20)11-3-1-7-16-9-11/h1,3,7,9-10,12H,2,4-6,8H2,(H,18,19,21). The van der Waals surface area contributed by atoms with Crippen LogP contribution in [0.3, 0.4) is 0 Å². The maximum absolute atomic E-state index is 12.4. The molecule has 3 rings (SSSR count). The van der Waals surface area contributed by atoms with Crippen LogP contribution >= 0.6 is 11.3 Å². The van der Waals surface area contributed by atoms with Gasteiger partial charge >= 0.3 is 0 Å². The lowest BCUT2D eigenvalue weighted by Crippen LogP contribution is -2.31. The number of rotatable bonds is 5. The zero-order chi connectivity index (χ0) is 16.1. The van der Waals surface area contributed by atoms with Gasteiger partial charge in [-0.25, -0.2) is 0 Å². The Kier molecular flexibility index (Phi) is 4.92. The second-order valence-corrected chi connectivity index (χ2v) is 6.16. The summed E-state index contributed by atoms with van der Waals surface area (Å²) in [6, 6.07) is 3.94. The molecule has 2 aromatic heterocycles. The molecule has 1 unspecified atom stereocenters. The fourth-order valence-electron chi connectivity index (χ4n) is 2.76. The van der Waals surface area contributed by atoms with E-state index in [0.717, 1.165) is 24.9 Å². The van der Waals surface area contributed by atoms with E-state index in [1.54, 1.807) is 17.9 Å². The molecule has 23 heavy (non-hydrogen) atoms. The minimum Gasteiger partial charge on any atom is -0.336 e. The minimum atomic E-state index is -0.216. The molecular weight excluding hydrogens is 314 g/mol. The molecule has 7 nitrogen and oxygen atoms in total. The molecule has 1 N–H and O–H groups in total. The van der Waals surface area contributed by atoms with Gasteiger partial charge in [0.2, 0.25) is 16.9 Å². The average molecular weight is 331 g/mol. The topological polar surface area (TPSA) is 88.1 Å². The van der Waals surface area contributed by atoms with Crippen LogP contribution < -0.4 is 5.32 Å². The van der Waals surface area contributed by atoms with Gasteiger partial charge in [-0.05, 0) is 24.5 Å². The lowest BCUT2D eigenvalue weighted by Gasteiger charge is -2.24. The molecule has 120 valence electrons. The van der Waals surface area contributed by atoms with Crippen LogP contribution in [-0.2, 0) is 9.59 Å². The number of aromatic nitrogens is 3. The van der Waals surface area contributed by atoms with E-state index in [1.165, 1.54) is 11.3 Å². The molecule has 0 spiro atoms. The number of hydrogen-bond donors (Lipinski definition) is 1. The third-order valence-electron chi connectivity index (χ3n) is 3.81. The molecule has 1 atom stereocenters. The minimum absolute atomic E-state index is 0.00349. The van der Waals surface area contributed by atoms with Crippen LogP contribution in [0.15, 0.2) is 30.0 Å². The van der Waals surface area contributed by atoms with Crippen molar-refractivity contribution in [1.82, 2.24) is 20.1 Å². The molecule has 2 aromatic rings. The van der Waals surface area contributed by atoms with Gasteiger partial charge in [0.15, 0.2) is 0 Å². The first-order valence-electron chi connectivity index (χ1n) is 7.49. The van der Waals surface area contributed by atoms with Crippen molar-refractivity contribution in [2.24, 2.45) is 0 Å². The van der Waals surface area contributed by atoms with E-state index in [2.05, 4.69) is 20.5 Å². The summed E-state index contributed by atoms with van der Waals surface area (Å²) < 4.78 is 0. The smallest absolute Gasteiger partial charge is 0.226 e. The number of anilines is 1. The van der Waals surface area contributed by atoms with Crippen molar-refractivity contribution in [3.8, 4) is 0 Å². The van der Waals surface area contributed by atoms with Gasteiger partial charge in [-0.2, -0.15) is 0 Å². The molecule has 0 bridgehead atoms. The van der Waals surface area contributed by atoms with Gasteiger partial charge in [0, 0.05) is 31.8 Å². The Morgan fingerprint density at radius 3 is 3.04 bits per heavy atom. The van der Waals surface area contributed by atoms with Gasteiger partial charge < -0.3 is 10.2 Å². The van der Waals surface area contributed by atoms with Gasteiger partial charge in [0.25, 0.3) is 0 Å². The first kappa shape index (κ1) is 15.5. The van der Waals surface area contributed by atoms with Crippen LogP contribution in [0.5, 0.6) is 0 Å². The van der Waals surface area contributed by atoms with Crippen LogP contribution in [0, 0.1) is 0 Å². The quantitative estimate of drug-likeness (QED) is 0.905. The second kappa shape index (κ2) is 7.28. The predicted molar refractivity (Wildman–Crippen MR) is 85.7 cm³/mol. The summed E-state index contributed by atoms with van der Waals surface area (Å²) in [6.07, 6.45) is 5.79. The number of nitrogens with zero attached hydrogens (tertiary/aromatic N) is 4. The van der Waals surface area contributed by atoms with Crippen molar-refractivity contribution < 1.29 is 9.59 Å². The average Bonchev–Trinajstić information content (AvgIpc) is 3.25. The highest BCUT2D eigenvalue weighted by Crippen LogP contribution is 2.31. The number of carbonyl (C=O) groups excluding carboxylic acids is 2. The van der Waals surface area contributed by atoms with Crippen molar-refractivity contribution >= 4 is 28.3 Å². The lowest BCUT2D eigenvalue weighted by molar-refractivity contribution is -0.133. The highest BCUT2D eigenvalue weighted by molar-refractivity contribution is 7.13. The summed E-state index contributed by atoms with van der Waals surface area (Å²) >= 11 is 1.25. The molecule has 3 heterocycles. The Morgan fingerprint density at radius 1 is 1.39 bits per heavy atom. The van der Waals surface area contributed by atoms with Crippen molar-refractivity contribution in [2.75, 3.05) is 11.9 Å². The van der Waals surface area contributed by atoms with Crippen LogP contribution in [0.1, 0.15) is 37.3 Å². The molecule has 1 fully saturated rings. The molecule has 1 aliphatic heterocycles. The van der Waals surface area contributed by atoms with Crippen molar-refractivity contribution in [1.29, 1.82) is 0 Å². The van der Waals surface area contributed by atoms with E-state index >= 15 is 0 Å². The van der Waals surface area contributed by atoms with E-state index < -0.39 is 0 Å². The lowest BCUT2D eigenvalue weighted by atomic mass is 10.1. The highest BCUT2D eigenvalue weighted by atomic mass is 32.1. The number of likely N-dealkylation sites (tertiary alicyclic amines) is 1. The molecule has 0 saturated carbocycles. The molecule has 2 amide bonds. The first-order valence-corrected chi connectivity index (χ1v) is 8.37. The van der Waals surface area contributed by atoms with Crippen LogP contribution in [-0.4, -0.2) is 38.4 Å². The van der Waals surface area contributed by atoms with Gasteiger partial charge in [-0.15, -0.1) is 10.2 Å². The summed E-state index contributed by atoms with van der Waals surface area (Å²) in [5.41, 5.74) is 2.60. The summed E-state index contributed by atoms with van der Waals surface area (Å²) in [7, 11) is 0. The molecule has 0 radical (unpaired) electrons. The van der Waals surface area contributed by atoms with E-state index in [1.807, 2.05) is 17.0 Å². The highest BCUT2D eigenvalue weighted by Gasteiger charge is 2.29. The first-order chi connectivity index (χ1) is 11.2. The number of carbonyl (C=O) groups is 2. The maximum atomic E-state index is 12.4. The summed E-state index contributed by atoms with van der Waals surface area (Å²) in [5.74, 6) is -0.212. The Balaban J connectivity index is 1.54. The fraction of sp³-hybridized carbons (Fsp3) is 0.400. The molecule has 1 aliphatic rings. The van der Waals surface area contributed by atoms with Crippen LogP contribution in [0.4, 0.5) is 5.13 Å². The van der Waals surface area contributed by atoms with E-state index in [-0.39, 0.29) is 30.7 Å². The van der Waals surface area contributed by atoms with Crippen molar-refractivity contribution in [3.05, 3.63) is 35.6 Å². The Bertz CT molecular complexity index is 662. The van der Waals surface area contributed by atoms with Gasteiger partial charge in [-0.3, -0.25) is 14.6 Å². The summed E-state index contributed by atoms with van der Waals surface area (Å²) in [4.78, 5) is 30.2. The SMILES string of the molecule is O=C(CCC(=O)N1CCCC1c1cccnc1)Nc1nncs1. The number of nitrogens with one attached hydrogen (secondary N) is 1. The van der Waals surface area contributed by atoms with E-state index in [4.69, 9.17) is 0 Å². The van der Waals surface area contributed by atoms with Gasteiger partial charge in [-0.1, -0.05) is 17.4 Å². The normalized spacial score (nSPS) is 17.2. The molecule has 1 saturated heterocycles.